The highest BCUT2D eigenvalue weighted by atomic mass is 19.1. The summed E-state index contributed by atoms with van der Waals surface area (Å²) in [6.07, 6.45) is 0. The quantitative estimate of drug-likeness (QED) is 0.582. The van der Waals surface area contributed by atoms with Crippen molar-refractivity contribution in [2.45, 2.75) is 13.5 Å². The number of para-hydroxylation sites is 2. The Balaban J connectivity index is 0.000000485. The van der Waals surface area contributed by atoms with Gasteiger partial charge >= 0.3 is 0 Å². The molecule has 5 heteroatoms. The zero-order chi connectivity index (χ0) is 16.4. The number of fused-ring (bicyclic) bond motifs is 4. The number of rotatable bonds is 1. The Morgan fingerprint density at radius 3 is 2.35 bits per heavy atom. The van der Waals surface area contributed by atoms with E-state index in [9.17, 15) is 4.39 Å². The summed E-state index contributed by atoms with van der Waals surface area (Å²) >= 11 is 0. The van der Waals surface area contributed by atoms with Crippen molar-refractivity contribution >= 4 is 33.1 Å². The Hall–Kier alpha value is -2.53. The van der Waals surface area contributed by atoms with E-state index in [1.165, 1.54) is 12.1 Å². The second-order valence-electron chi connectivity index (χ2n) is 5.29. The number of benzene rings is 2. The molecule has 0 aliphatic carbocycles. The summed E-state index contributed by atoms with van der Waals surface area (Å²) in [5.41, 5.74) is 4.24. The van der Waals surface area contributed by atoms with Crippen LogP contribution in [0.5, 0.6) is 0 Å². The van der Waals surface area contributed by atoms with Crippen LogP contribution in [0.25, 0.3) is 33.1 Å². The zero-order valence-electron chi connectivity index (χ0n) is 13.5. The first kappa shape index (κ1) is 15.4. The molecule has 0 aliphatic heterocycles. The molecule has 23 heavy (non-hydrogen) atoms. The van der Waals surface area contributed by atoms with Crippen molar-refractivity contribution in [3.8, 4) is 0 Å². The van der Waals surface area contributed by atoms with E-state index in [1.807, 2.05) is 38.4 Å². The molecule has 0 radical (unpaired) electrons. The summed E-state index contributed by atoms with van der Waals surface area (Å²) in [6, 6.07) is 12.6. The summed E-state index contributed by atoms with van der Waals surface area (Å²) < 4.78 is 15.6. The normalized spacial score (nSPS) is 11.0. The topological polar surface area (TPSA) is 42.7 Å². The molecule has 118 valence electrons. The zero-order valence-corrected chi connectivity index (χ0v) is 13.5. The van der Waals surface area contributed by atoms with Gasteiger partial charge in [-0.05, 0) is 51.4 Å². The molecule has 2 aromatic heterocycles. The number of aryl methyl sites for hydroxylation is 1. The fraction of sp³-hybridized carbons (Fsp3) is 0.222. The number of nitrogens with one attached hydrogen (secondary N) is 1. The first-order valence-electron chi connectivity index (χ1n) is 7.62. The lowest BCUT2D eigenvalue weighted by atomic mass is 10.2. The Morgan fingerprint density at radius 1 is 1.04 bits per heavy atom. The maximum atomic E-state index is 13.5. The van der Waals surface area contributed by atoms with Gasteiger partial charge in [0, 0.05) is 11.9 Å². The molecule has 0 atom stereocenters. The molecule has 0 aliphatic rings. The number of hydrogen-bond donors (Lipinski definition) is 1. The third-order valence-electron chi connectivity index (χ3n) is 3.63. The molecule has 2 heterocycles. The van der Waals surface area contributed by atoms with Gasteiger partial charge in [-0.2, -0.15) is 0 Å². The van der Waals surface area contributed by atoms with Crippen LogP contribution in [-0.2, 0) is 6.54 Å². The third-order valence-corrected chi connectivity index (χ3v) is 3.63. The molecule has 0 saturated heterocycles. The van der Waals surface area contributed by atoms with E-state index >= 15 is 0 Å². The van der Waals surface area contributed by atoms with Gasteiger partial charge in [0.15, 0.2) is 5.65 Å². The summed E-state index contributed by atoms with van der Waals surface area (Å²) in [6.45, 7) is 2.83. The van der Waals surface area contributed by atoms with Crippen molar-refractivity contribution < 1.29 is 4.39 Å². The minimum atomic E-state index is -0.248. The van der Waals surface area contributed by atoms with Gasteiger partial charge in [0.2, 0.25) is 0 Å². The summed E-state index contributed by atoms with van der Waals surface area (Å²) in [5, 5.41) is 3.57. The van der Waals surface area contributed by atoms with Crippen LogP contribution in [0.3, 0.4) is 0 Å². The van der Waals surface area contributed by atoms with Gasteiger partial charge in [-0.15, -0.1) is 0 Å². The van der Waals surface area contributed by atoms with E-state index < -0.39 is 0 Å². The lowest BCUT2D eigenvalue weighted by Gasteiger charge is -2.02. The molecule has 4 rings (SSSR count). The highest BCUT2D eigenvalue weighted by Gasteiger charge is 2.13. The average Bonchev–Trinajstić information content (AvgIpc) is 2.85. The molecular formula is C18H19FN4. The lowest BCUT2D eigenvalue weighted by molar-refractivity contribution is 0.629. The van der Waals surface area contributed by atoms with Crippen LogP contribution < -0.4 is 5.32 Å². The van der Waals surface area contributed by atoms with Gasteiger partial charge in [-0.25, -0.2) is 14.4 Å². The van der Waals surface area contributed by atoms with Gasteiger partial charge in [0.25, 0.3) is 0 Å². The van der Waals surface area contributed by atoms with Crippen LogP contribution in [0, 0.1) is 5.82 Å². The first-order chi connectivity index (χ1) is 11.2. The molecule has 0 amide bonds. The Bertz CT molecular complexity index is 975. The molecule has 1 N–H and O–H groups in total. The SMILES string of the molecule is CCn1c2ccc(F)cc2c2nc3ccccc3nc21.CNC. The second kappa shape index (κ2) is 6.30. The number of aromatic nitrogens is 3. The van der Waals surface area contributed by atoms with E-state index in [4.69, 9.17) is 4.98 Å². The Labute approximate surface area is 134 Å². The highest BCUT2D eigenvalue weighted by Crippen LogP contribution is 2.28. The largest absolute Gasteiger partial charge is 0.324 e. The Kier molecular flexibility index (Phi) is 4.21. The second-order valence-corrected chi connectivity index (χ2v) is 5.29. The fourth-order valence-electron chi connectivity index (χ4n) is 2.73. The van der Waals surface area contributed by atoms with Crippen molar-refractivity contribution in [2.24, 2.45) is 0 Å². The van der Waals surface area contributed by atoms with Gasteiger partial charge in [-0.3, -0.25) is 0 Å². The minimum absolute atomic E-state index is 0.248. The fourth-order valence-corrected chi connectivity index (χ4v) is 2.73. The van der Waals surface area contributed by atoms with Gasteiger partial charge in [0.1, 0.15) is 11.3 Å². The molecule has 0 spiro atoms. The summed E-state index contributed by atoms with van der Waals surface area (Å²) in [4.78, 5) is 9.36. The van der Waals surface area contributed by atoms with Gasteiger partial charge < -0.3 is 9.88 Å². The number of halogens is 1. The first-order valence-corrected chi connectivity index (χ1v) is 7.62. The van der Waals surface area contributed by atoms with Crippen molar-refractivity contribution in [3.05, 3.63) is 48.3 Å². The summed E-state index contributed by atoms with van der Waals surface area (Å²) in [5.74, 6) is -0.248. The molecular weight excluding hydrogens is 291 g/mol. The van der Waals surface area contributed by atoms with Crippen molar-refractivity contribution in [1.29, 1.82) is 0 Å². The molecule has 4 aromatic rings. The average molecular weight is 310 g/mol. The maximum absolute atomic E-state index is 13.5. The van der Waals surface area contributed by atoms with E-state index in [-0.39, 0.29) is 5.82 Å². The molecule has 0 bridgehead atoms. The van der Waals surface area contributed by atoms with Gasteiger partial charge in [0.05, 0.1) is 16.6 Å². The van der Waals surface area contributed by atoms with E-state index in [0.717, 1.165) is 39.6 Å². The van der Waals surface area contributed by atoms with E-state index in [2.05, 4.69) is 21.8 Å². The van der Waals surface area contributed by atoms with Crippen LogP contribution in [-0.4, -0.2) is 28.6 Å². The van der Waals surface area contributed by atoms with E-state index in [0.29, 0.717) is 0 Å². The van der Waals surface area contributed by atoms with Crippen LogP contribution in [0.2, 0.25) is 0 Å². The van der Waals surface area contributed by atoms with Crippen LogP contribution in [0.1, 0.15) is 6.92 Å². The molecule has 0 saturated carbocycles. The molecule has 0 fully saturated rings. The predicted octanol–water partition coefficient (Wildman–Crippen LogP) is 3.73. The van der Waals surface area contributed by atoms with Crippen LogP contribution in [0.15, 0.2) is 42.5 Å². The smallest absolute Gasteiger partial charge is 0.160 e. The van der Waals surface area contributed by atoms with Crippen molar-refractivity contribution in [3.63, 3.8) is 0 Å². The van der Waals surface area contributed by atoms with Crippen LogP contribution >= 0.6 is 0 Å². The van der Waals surface area contributed by atoms with Crippen LogP contribution in [0.4, 0.5) is 4.39 Å². The standard InChI is InChI=1S/C16H12FN3.C2H7N/c1-2-20-14-8-7-10(17)9-11(14)15-16(20)19-13-6-4-3-5-12(13)18-15;1-3-2/h3-9H,2H2,1H3;3H,1-2H3. The predicted molar refractivity (Wildman–Crippen MR) is 93.2 cm³/mol. The lowest BCUT2D eigenvalue weighted by Crippen LogP contribution is -1.96. The highest BCUT2D eigenvalue weighted by molar-refractivity contribution is 6.06. The van der Waals surface area contributed by atoms with E-state index in [1.54, 1.807) is 6.07 Å². The summed E-state index contributed by atoms with van der Waals surface area (Å²) in [7, 11) is 3.75. The number of hydrogen-bond acceptors (Lipinski definition) is 3. The Morgan fingerprint density at radius 2 is 1.70 bits per heavy atom. The monoisotopic (exact) mass is 310 g/mol. The van der Waals surface area contributed by atoms with Crippen molar-refractivity contribution in [1.82, 2.24) is 19.9 Å². The number of nitrogens with zero attached hydrogens (tertiary/aromatic N) is 3. The van der Waals surface area contributed by atoms with Gasteiger partial charge in [-0.1, -0.05) is 12.1 Å². The molecule has 4 nitrogen and oxygen atoms in total. The maximum Gasteiger partial charge on any atom is 0.160 e. The minimum Gasteiger partial charge on any atom is -0.324 e. The van der Waals surface area contributed by atoms with Crippen molar-refractivity contribution in [2.75, 3.05) is 14.1 Å². The third kappa shape index (κ3) is 2.64. The molecule has 0 unspecified atom stereocenters. The molecule has 2 aromatic carbocycles.